The Hall–Kier alpha value is -2.63. The van der Waals surface area contributed by atoms with E-state index in [2.05, 4.69) is 16.5 Å². The molecule has 0 radical (unpaired) electrons. The number of nitrogens with one attached hydrogen (secondary N) is 1. The van der Waals surface area contributed by atoms with Crippen molar-refractivity contribution in [2.45, 2.75) is 62.4 Å². The highest BCUT2D eigenvalue weighted by Crippen LogP contribution is 2.42. The fourth-order valence-corrected chi connectivity index (χ4v) is 6.59. The number of nitrogens with zero attached hydrogens (tertiary/aromatic N) is 1. The van der Waals surface area contributed by atoms with Gasteiger partial charge in [0.2, 0.25) is 10.0 Å². The first-order chi connectivity index (χ1) is 19.4. The zero-order chi connectivity index (χ0) is 28.1. The van der Waals surface area contributed by atoms with Crippen LogP contribution in [0, 0.1) is 5.92 Å². The van der Waals surface area contributed by atoms with Gasteiger partial charge in [0.15, 0.2) is 6.29 Å². The fraction of sp³-hybridized carbons (Fsp3) is 0.419. The van der Waals surface area contributed by atoms with E-state index in [9.17, 15) is 18.6 Å². The molecule has 8 nitrogen and oxygen atoms in total. The van der Waals surface area contributed by atoms with E-state index in [1.165, 1.54) is 0 Å². The van der Waals surface area contributed by atoms with E-state index < -0.39 is 16.3 Å². The van der Waals surface area contributed by atoms with Gasteiger partial charge in [0.25, 0.3) is 0 Å². The molecule has 0 saturated carbocycles. The molecule has 214 valence electrons. The van der Waals surface area contributed by atoms with Crippen LogP contribution >= 0.6 is 0 Å². The van der Waals surface area contributed by atoms with Gasteiger partial charge >= 0.3 is 0 Å². The maximum absolute atomic E-state index is 12.6. The minimum absolute atomic E-state index is 0.0128. The minimum Gasteiger partial charge on any atom is -0.395 e. The van der Waals surface area contributed by atoms with E-state index in [0.29, 0.717) is 6.54 Å². The van der Waals surface area contributed by atoms with Gasteiger partial charge in [-0.3, -0.25) is 4.90 Å². The zero-order valence-electron chi connectivity index (χ0n) is 22.7. The minimum atomic E-state index is -3.60. The van der Waals surface area contributed by atoms with Gasteiger partial charge in [-0.05, 0) is 48.2 Å². The number of likely N-dealkylation sites (tertiary alicyclic amines) is 1. The van der Waals surface area contributed by atoms with Gasteiger partial charge in [0.05, 0.1) is 30.3 Å². The monoisotopic (exact) mass is 566 g/mol. The Morgan fingerprint density at radius 1 is 0.900 bits per heavy atom. The molecule has 3 N–H and O–H groups in total. The lowest BCUT2D eigenvalue weighted by Crippen LogP contribution is -2.46. The maximum atomic E-state index is 12.6. The SMILES string of the molecule is C[C@@H]1[C@H](CN2CCC[C@H]2CO)O[C@H](c2ccc(CNS(=O)(=O)c3ccccc3)cc2)O[C@@H]1c1ccc(CO)cc1. The summed E-state index contributed by atoms with van der Waals surface area (Å²) >= 11 is 0. The average molecular weight is 567 g/mol. The molecule has 0 aliphatic carbocycles. The normalized spacial score (nSPS) is 25.7. The van der Waals surface area contributed by atoms with E-state index in [4.69, 9.17) is 9.47 Å². The van der Waals surface area contributed by atoms with Crippen LogP contribution in [0.5, 0.6) is 0 Å². The van der Waals surface area contributed by atoms with Gasteiger partial charge in [0.1, 0.15) is 0 Å². The third-order valence-electron chi connectivity index (χ3n) is 8.02. The Morgan fingerprint density at radius 2 is 1.57 bits per heavy atom. The smallest absolute Gasteiger partial charge is 0.240 e. The Labute approximate surface area is 236 Å². The Bertz CT molecular complexity index is 1330. The summed E-state index contributed by atoms with van der Waals surface area (Å²) in [6, 6.07) is 23.9. The van der Waals surface area contributed by atoms with E-state index in [-0.39, 0.29) is 48.8 Å². The largest absolute Gasteiger partial charge is 0.395 e. The first-order valence-electron chi connectivity index (χ1n) is 13.9. The molecule has 2 saturated heterocycles. The van der Waals surface area contributed by atoms with Crippen LogP contribution in [0.4, 0.5) is 0 Å². The number of rotatable bonds is 10. The summed E-state index contributed by atoms with van der Waals surface area (Å²) in [5.41, 5.74) is 3.54. The van der Waals surface area contributed by atoms with Crippen LogP contribution < -0.4 is 4.72 Å². The second kappa shape index (κ2) is 12.9. The summed E-state index contributed by atoms with van der Waals surface area (Å²) in [7, 11) is -3.60. The molecular formula is C31H38N2O6S. The lowest BCUT2D eigenvalue weighted by molar-refractivity contribution is -0.276. The van der Waals surface area contributed by atoms with E-state index in [0.717, 1.165) is 41.6 Å². The number of hydrogen-bond acceptors (Lipinski definition) is 7. The van der Waals surface area contributed by atoms with Crippen LogP contribution in [-0.4, -0.2) is 55.4 Å². The molecule has 40 heavy (non-hydrogen) atoms. The Morgan fingerprint density at radius 3 is 2.25 bits per heavy atom. The quantitative estimate of drug-likeness (QED) is 0.342. The molecule has 2 aliphatic rings. The number of benzene rings is 3. The number of hydrogen-bond donors (Lipinski definition) is 3. The van der Waals surface area contributed by atoms with Crippen LogP contribution in [0.1, 0.15) is 54.4 Å². The van der Waals surface area contributed by atoms with Crippen molar-refractivity contribution in [3.8, 4) is 0 Å². The van der Waals surface area contributed by atoms with E-state index in [1.807, 2.05) is 48.5 Å². The zero-order valence-corrected chi connectivity index (χ0v) is 23.5. The molecule has 3 aromatic rings. The van der Waals surface area contributed by atoms with Gasteiger partial charge in [-0.25, -0.2) is 13.1 Å². The Balaban J connectivity index is 1.33. The third kappa shape index (κ3) is 6.63. The highest BCUT2D eigenvalue weighted by molar-refractivity contribution is 7.89. The van der Waals surface area contributed by atoms with E-state index in [1.54, 1.807) is 30.3 Å². The summed E-state index contributed by atoms with van der Waals surface area (Å²) in [4.78, 5) is 2.55. The third-order valence-corrected chi connectivity index (χ3v) is 9.44. The predicted octanol–water partition coefficient (Wildman–Crippen LogP) is 3.91. The average Bonchev–Trinajstić information content (AvgIpc) is 3.45. The summed E-state index contributed by atoms with van der Waals surface area (Å²) in [5.74, 6) is 0.0582. The van der Waals surface area contributed by atoms with Gasteiger partial charge < -0.3 is 19.7 Å². The summed E-state index contributed by atoms with van der Waals surface area (Å²) in [6.07, 6.45) is 1.11. The molecule has 2 fully saturated rings. The molecule has 3 aromatic carbocycles. The van der Waals surface area contributed by atoms with Crippen molar-refractivity contribution in [3.63, 3.8) is 0 Å². The fourth-order valence-electron chi connectivity index (χ4n) is 5.56. The van der Waals surface area contributed by atoms with Crippen LogP contribution in [0.15, 0.2) is 83.8 Å². The lowest BCUT2D eigenvalue weighted by Gasteiger charge is -2.43. The maximum Gasteiger partial charge on any atom is 0.240 e. The Kier molecular flexibility index (Phi) is 9.32. The molecule has 5 atom stereocenters. The molecule has 0 bridgehead atoms. The van der Waals surface area contributed by atoms with Crippen LogP contribution in [0.25, 0.3) is 0 Å². The summed E-state index contributed by atoms with van der Waals surface area (Å²) < 4.78 is 40.9. The van der Waals surface area contributed by atoms with Crippen LogP contribution in [0.3, 0.4) is 0 Å². The van der Waals surface area contributed by atoms with Crippen molar-refractivity contribution in [2.75, 3.05) is 19.7 Å². The highest BCUT2D eigenvalue weighted by Gasteiger charge is 2.40. The lowest BCUT2D eigenvalue weighted by atomic mass is 9.90. The molecular weight excluding hydrogens is 528 g/mol. The number of ether oxygens (including phenoxy) is 2. The van der Waals surface area contributed by atoms with Gasteiger partial charge in [-0.15, -0.1) is 0 Å². The number of sulfonamides is 1. The molecule has 0 spiro atoms. The second-order valence-corrected chi connectivity index (χ2v) is 12.4. The summed E-state index contributed by atoms with van der Waals surface area (Å²) in [5, 5.41) is 19.3. The van der Waals surface area contributed by atoms with Gasteiger partial charge in [0, 0.05) is 30.6 Å². The number of aliphatic hydroxyl groups is 2. The van der Waals surface area contributed by atoms with Gasteiger partial charge in [-0.1, -0.05) is 73.7 Å². The van der Waals surface area contributed by atoms with Crippen molar-refractivity contribution in [1.82, 2.24) is 9.62 Å². The standard InChI is InChI=1S/C31H38N2O6S/c1-22-29(19-33-17-5-6-27(33)21-35)38-31(39-30(22)25-13-11-24(20-34)12-14-25)26-15-9-23(10-16-26)18-32-40(36,37)28-7-3-2-4-8-28/h2-4,7-16,22,27,29-32,34-35H,5-6,17-21H2,1H3/t22-,27+,29+,30+,31+/m1/s1. The highest BCUT2D eigenvalue weighted by atomic mass is 32.2. The van der Waals surface area contributed by atoms with Crippen molar-refractivity contribution < 1.29 is 28.1 Å². The number of aliphatic hydroxyl groups excluding tert-OH is 2. The summed E-state index contributed by atoms with van der Waals surface area (Å²) in [6.45, 7) is 4.08. The first kappa shape index (κ1) is 28.9. The van der Waals surface area contributed by atoms with Crippen LogP contribution in [-0.2, 0) is 32.6 Å². The molecule has 5 rings (SSSR count). The molecule has 2 heterocycles. The molecule has 0 aromatic heterocycles. The van der Waals surface area contributed by atoms with Crippen molar-refractivity contribution >= 4 is 10.0 Å². The second-order valence-electron chi connectivity index (χ2n) is 10.7. The molecule has 0 unspecified atom stereocenters. The predicted molar refractivity (Wildman–Crippen MR) is 152 cm³/mol. The van der Waals surface area contributed by atoms with E-state index >= 15 is 0 Å². The van der Waals surface area contributed by atoms with Crippen LogP contribution in [0.2, 0.25) is 0 Å². The topological polar surface area (TPSA) is 108 Å². The molecule has 2 aliphatic heterocycles. The van der Waals surface area contributed by atoms with Crippen molar-refractivity contribution in [2.24, 2.45) is 5.92 Å². The first-order valence-corrected chi connectivity index (χ1v) is 15.4. The van der Waals surface area contributed by atoms with Crippen molar-refractivity contribution in [3.05, 3.63) is 101 Å². The van der Waals surface area contributed by atoms with Crippen molar-refractivity contribution in [1.29, 1.82) is 0 Å². The van der Waals surface area contributed by atoms with Gasteiger partial charge in [-0.2, -0.15) is 0 Å². The molecule has 0 amide bonds. The molecule has 9 heteroatoms.